The van der Waals surface area contributed by atoms with E-state index in [-0.39, 0.29) is 11.1 Å². The smallest absolute Gasteiger partial charge is 0.377 e. The van der Waals surface area contributed by atoms with Gasteiger partial charge in [-0.05, 0) is 12.8 Å². The molecule has 0 amide bonds. The van der Waals surface area contributed by atoms with Crippen molar-refractivity contribution >= 4 is 17.6 Å². The van der Waals surface area contributed by atoms with Crippen molar-refractivity contribution in [3.63, 3.8) is 0 Å². The first-order chi connectivity index (χ1) is 9.41. The maximum absolute atomic E-state index is 5.51. The first-order valence-corrected chi connectivity index (χ1v) is 10.3. The molecule has 0 aromatic carbocycles. The van der Waals surface area contributed by atoms with Crippen LogP contribution in [0.15, 0.2) is 0 Å². The molecule has 8 heteroatoms. The second-order valence-electron chi connectivity index (χ2n) is 4.81. The molecule has 122 valence electrons. The summed E-state index contributed by atoms with van der Waals surface area (Å²) in [6.07, 6.45) is 1.79. The average molecular weight is 327 g/mol. The van der Waals surface area contributed by atoms with Crippen LogP contribution in [0.4, 0.5) is 0 Å². The van der Waals surface area contributed by atoms with Crippen molar-refractivity contribution < 1.29 is 26.6 Å². The second-order valence-corrected chi connectivity index (χ2v) is 11.6. The lowest BCUT2D eigenvalue weighted by atomic mass is 10.2. The molecule has 0 aliphatic carbocycles. The normalized spacial score (nSPS) is 16.2. The second kappa shape index (κ2) is 9.26. The molecule has 0 radical (unpaired) electrons. The lowest BCUT2D eigenvalue weighted by molar-refractivity contribution is 0.104. The van der Waals surface area contributed by atoms with Gasteiger partial charge in [0, 0.05) is 53.7 Å². The van der Waals surface area contributed by atoms with Gasteiger partial charge in [0.15, 0.2) is 0 Å². The zero-order valence-electron chi connectivity index (χ0n) is 14.0. The van der Waals surface area contributed by atoms with Crippen LogP contribution >= 0.6 is 0 Å². The zero-order chi connectivity index (χ0) is 15.8. The summed E-state index contributed by atoms with van der Waals surface area (Å²) in [6, 6.07) is 0. The van der Waals surface area contributed by atoms with Gasteiger partial charge in [-0.3, -0.25) is 0 Å². The van der Waals surface area contributed by atoms with E-state index in [2.05, 4.69) is 13.8 Å². The molecule has 0 aliphatic heterocycles. The van der Waals surface area contributed by atoms with Crippen molar-refractivity contribution in [3.05, 3.63) is 0 Å². The molecule has 0 saturated heterocycles. The summed E-state index contributed by atoms with van der Waals surface area (Å²) in [4.78, 5) is 0. The molecule has 20 heavy (non-hydrogen) atoms. The fraction of sp³-hybridized carbons (Fsp3) is 1.00. The van der Waals surface area contributed by atoms with Crippen molar-refractivity contribution in [2.45, 2.75) is 37.8 Å². The highest BCUT2D eigenvalue weighted by Crippen LogP contribution is 2.34. The quantitative estimate of drug-likeness (QED) is 0.543. The summed E-state index contributed by atoms with van der Waals surface area (Å²) in [5.74, 6) is 0. The maximum Gasteiger partial charge on any atom is 0.503 e. The Morgan fingerprint density at radius 3 is 0.900 bits per heavy atom. The van der Waals surface area contributed by atoms with Gasteiger partial charge in [0.2, 0.25) is 0 Å². The lowest BCUT2D eigenvalue weighted by Crippen LogP contribution is -2.48. The molecule has 0 bridgehead atoms. The third-order valence-corrected chi connectivity index (χ3v) is 10.4. The number of hydrogen-bond donors (Lipinski definition) is 0. The highest BCUT2D eigenvalue weighted by atomic mass is 28.4. The van der Waals surface area contributed by atoms with E-state index >= 15 is 0 Å². The SMILES string of the molecule is CO[Si](OC)(OC)C(C)CCC(C)[Si](OC)(OC)OC. The predicted molar refractivity (Wildman–Crippen MR) is 81.6 cm³/mol. The molecule has 0 aliphatic rings. The zero-order valence-corrected chi connectivity index (χ0v) is 16.0. The molecule has 0 N–H and O–H groups in total. The van der Waals surface area contributed by atoms with Crippen LogP contribution in [-0.4, -0.2) is 60.3 Å². The van der Waals surface area contributed by atoms with Crippen molar-refractivity contribution in [2.75, 3.05) is 42.7 Å². The Bertz CT molecular complexity index is 216. The molecule has 2 atom stereocenters. The van der Waals surface area contributed by atoms with Gasteiger partial charge in [0.1, 0.15) is 0 Å². The molecular weight excluding hydrogens is 296 g/mol. The minimum atomic E-state index is -2.58. The summed E-state index contributed by atoms with van der Waals surface area (Å²) in [5, 5.41) is 0. The largest absolute Gasteiger partial charge is 0.503 e. The molecule has 0 fully saturated rings. The van der Waals surface area contributed by atoms with Crippen LogP contribution in [0.25, 0.3) is 0 Å². The van der Waals surface area contributed by atoms with Crippen molar-refractivity contribution in [1.82, 2.24) is 0 Å². The van der Waals surface area contributed by atoms with Crippen LogP contribution in [0.3, 0.4) is 0 Å². The average Bonchev–Trinajstić information content (AvgIpc) is 2.49. The topological polar surface area (TPSA) is 55.4 Å². The summed E-state index contributed by atoms with van der Waals surface area (Å²) in [7, 11) is 4.65. The minimum Gasteiger partial charge on any atom is -0.377 e. The highest BCUT2D eigenvalue weighted by molar-refractivity contribution is 6.63. The molecule has 6 nitrogen and oxygen atoms in total. The summed E-state index contributed by atoms with van der Waals surface area (Å²) in [6.45, 7) is 4.18. The molecule has 0 aromatic heterocycles. The Labute approximate surface area is 125 Å². The fourth-order valence-corrected chi connectivity index (χ4v) is 7.02. The van der Waals surface area contributed by atoms with E-state index in [1.165, 1.54) is 0 Å². The molecule has 2 unspecified atom stereocenters. The van der Waals surface area contributed by atoms with Crippen LogP contribution < -0.4 is 0 Å². The van der Waals surface area contributed by atoms with E-state index in [4.69, 9.17) is 26.6 Å². The van der Waals surface area contributed by atoms with E-state index in [9.17, 15) is 0 Å². The van der Waals surface area contributed by atoms with Gasteiger partial charge >= 0.3 is 17.6 Å². The highest BCUT2D eigenvalue weighted by Gasteiger charge is 2.47. The summed E-state index contributed by atoms with van der Waals surface area (Å²) < 4.78 is 33.0. The van der Waals surface area contributed by atoms with Gasteiger partial charge in [-0.1, -0.05) is 13.8 Å². The molecule has 0 heterocycles. The van der Waals surface area contributed by atoms with Crippen molar-refractivity contribution in [1.29, 1.82) is 0 Å². The predicted octanol–water partition coefficient (Wildman–Crippen LogP) is 2.30. The van der Waals surface area contributed by atoms with Gasteiger partial charge in [-0.25, -0.2) is 0 Å². The van der Waals surface area contributed by atoms with E-state index in [1.807, 2.05) is 0 Å². The molecular formula is C12H30O6Si2. The lowest BCUT2D eigenvalue weighted by Gasteiger charge is -2.33. The van der Waals surface area contributed by atoms with Crippen LogP contribution in [-0.2, 0) is 26.6 Å². The van der Waals surface area contributed by atoms with E-state index in [1.54, 1.807) is 42.7 Å². The van der Waals surface area contributed by atoms with E-state index in [0.717, 1.165) is 12.8 Å². The van der Waals surface area contributed by atoms with Gasteiger partial charge < -0.3 is 26.6 Å². The molecule has 0 aromatic rings. The summed E-state index contributed by atoms with van der Waals surface area (Å²) in [5.41, 5.74) is 0.393. The van der Waals surface area contributed by atoms with Gasteiger partial charge in [0.25, 0.3) is 0 Å². The maximum atomic E-state index is 5.51. The van der Waals surface area contributed by atoms with Gasteiger partial charge in [-0.15, -0.1) is 0 Å². The van der Waals surface area contributed by atoms with Crippen molar-refractivity contribution in [2.24, 2.45) is 0 Å². The number of rotatable bonds is 11. The molecule has 0 saturated carbocycles. The first-order valence-electron chi connectivity index (χ1n) is 6.72. The van der Waals surface area contributed by atoms with Crippen LogP contribution in [0.2, 0.25) is 11.1 Å². The van der Waals surface area contributed by atoms with Gasteiger partial charge in [0.05, 0.1) is 0 Å². The van der Waals surface area contributed by atoms with Crippen LogP contribution in [0.5, 0.6) is 0 Å². The van der Waals surface area contributed by atoms with E-state index < -0.39 is 17.6 Å². The standard InChI is InChI=1S/C12H30O6Si2/c1-11(19(13-3,14-4)15-5)9-10-12(2)20(16-6,17-7)18-8/h11-12H,9-10H2,1-8H3. The Hall–Kier alpha value is 0.194. The fourth-order valence-electron chi connectivity index (χ4n) is 2.56. The Morgan fingerprint density at radius 1 is 0.550 bits per heavy atom. The molecule has 0 rings (SSSR count). The first kappa shape index (κ1) is 20.2. The monoisotopic (exact) mass is 326 g/mol. The van der Waals surface area contributed by atoms with Crippen LogP contribution in [0.1, 0.15) is 26.7 Å². The third kappa shape index (κ3) is 4.34. The summed E-state index contributed by atoms with van der Waals surface area (Å²) >= 11 is 0. The Balaban J connectivity index is 4.68. The van der Waals surface area contributed by atoms with E-state index in [0.29, 0.717) is 0 Å². The van der Waals surface area contributed by atoms with Crippen molar-refractivity contribution in [3.8, 4) is 0 Å². The number of hydrogen-bond acceptors (Lipinski definition) is 6. The molecule has 0 spiro atoms. The third-order valence-electron chi connectivity index (χ3n) is 3.95. The van der Waals surface area contributed by atoms with Crippen LogP contribution in [0, 0.1) is 0 Å². The minimum absolute atomic E-state index is 0.196. The Kier molecular flexibility index (Phi) is 9.35. The van der Waals surface area contributed by atoms with Gasteiger partial charge in [-0.2, -0.15) is 0 Å². The Morgan fingerprint density at radius 2 is 0.750 bits per heavy atom.